The number of hydrogen-bond acceptors (Lipinski definition) is 9. The molecule has 0 atom stereocenters. The molecular weight excluding hydrogens is 468 g/mol. The van der Waals surface area contributed by atoms with Gasteiger partial charge in [-0.05, 0) is 44.6 Å². The number of amides is 2. The van der Waals surface area contributed by atoms with E-state index < -0.39 is 0 Å². The van der Waals surface area contributed by atoms with Crippen molar-refractivity contribution in [3.8, 4) is 0 Å². The van der Waals surface area contributed by atoms with Crippen LogP contribution in [0.25, 0.3) is 0 Å². The van der Waals surface area contributed by atoms with Crippen LogP contribution in [0.5, 0.6) is 0 Å². The Morgan fingerprint density at radius 3 is 2.66 bits per heavy atom. The third-order valence-corrected chi connectivity index (χ3v) is 8.77. The molecule has 2 aromatic rings. The van der Waals surface area contributed by atoms with E-state index in [-0.39, 0.29) is 29.5 Å². The minimum Gasteiger partial charge on any atom is -0.462 e. The average Bonchev–Trinajstić information content (AvgIpc) is 3.49. The normalized spacial score (nSPS) is 15.9. The van der Waals surface area contributed by atoms with Crippen LogP contribution in [0.15, 0.2) is 4.34 Å². The number of nitrogens with one attached hydrogen (secondary N) is 2. The molecular formula is C21H26N4O4S3. The lowest BCUT2D eigenvalue weighted by Crippen LogP contribution is -2.24. The van der Waals surface area contributed by atoms with Gasteiger partial charge in [0.15, 0.2) is 4.34 Å². The highest BCUT2D eigenvalue weighted by molar-refractivity contribution is 8.01. The molecule has 1 saturated carbocycles. The Morgan fingerprint density at radius 1 is 1.06 bits per heavy atom. The van der Waals surface area contributed by atoms with Crippen molar-refractivity contribution in [3.05, 3.63) is 16.0 Å². The summed E-state index contributed by atoms with van der Waals surface area (Å²) in [4.78, 5) is 38.5. The second-order valence-corrected chi connectivity index (χ2v) is 11.1. The first-order chi connectivity index (χ1) is 15.5. The number of thiophene rings is 1. The van der Waals surface area contributed by atoms with Gasteiger partial charge in [0.05, 0.1) is 17.9 Å². The van der Waals surface area contributed by atoms with Crippen molar-refractivity contribution in [1.29, 1.82) is 0 Å². The molecule has 0 aromatic carbocycles. The summed E-state index contributed by atoms with van der Waals surface area (Å²) >= 11 is 3.98. The van der Waals surface area contributed by atoms with Gasteiger partial charge in [0.25, 0.3) is 0 Å². The second-order valence-electron chi connectivity index (χ2n) is 7.82. The third kappa shape index (κ3) is 5.49. The lowest BCUT2D eigenvalue weighted by Gasteiger charge is -2.19. The Balaban J connectivity index is 1.31. The van der Waals surface area contributed by atoms with Crippen molar-refractivity contribution in [2.24, 2.45) is 5.92 Å². The van der Waals surface area contributed by atoms with E-state index in [1.54, 1.807) is 6.92 Å². The third-order valence-electron chi connectivity index (χ3n) is 5.59. The molecule has 8 nitrogen and oxygen atoms in total. The van der Waals surface area contributed by atoms with Crippen molar-refractivity contribution in [2.45, 2.75) is 62.6 Å². The zero-order valence-corrected chi connectivity index (χ0v) is 20.4. The minimum absolute atomic E-state index is 0.00683. The highest BCUT2D eigenvalue weighted by Crippen LogP contribution is 2.39. The fraction of sp³-hybridized carbons (Fsp3) is 0.571. The van der Waals surface area contributed by atoms with Crippen LogP contribution in [-0.4, -0.2) is 40.3 Å². The van der Waals surface area contributed by atoms with Crippen LogP contribution in [0.3, 0.4) is 0 Å². The molecule has 2 N–H and O–H groups in total. The molecule has 2 aliphatic rings. The maximum absolute atomic E-state index is 12.5. The highest BCUT2D eigenvalue weighted by atomic mass is 32.2. The molecule has 2 aliphatic carbocycles. The van der Waals surface area contributed by atoms with Gasteiger partial charge >= 0.3 is 5.97 Å². The molecule has 4 rings (SSSR count). The van der Waals surface area contributed by atoms with Gasteiger partial charge in [0, 0.05) is 10.8 Å². The molecule has 2 heterocycles. The zero-order chi connectivity index (χ0) is 22.5. The average molecular weight is 495 g/mol. The van der Waals surface area contributed by atoms with Gasteiger partial charge in [-0.1, -0.05) is 42.4 Å². The number of thioether (sulfide) groups is 1. The number of carbonyl (C=O) groups excluding carboxylic acids is 3. The Morgan fingerprint density at radius 2 is 1.88 bits per heavy atom. The number of aromatic nitrogens is 2. The molecule has 1 fully saturated rings. The van der Waals surface area contributed by atoms with Gasteiger partial charge in [-0.25, -0.2) is 4.79 Å². The summed E-state index contributed by atoms with van der Waals surface area (Å²) < 4.78 is 5.81. The van der Waals surface area contributed by atoms with Gasteiger partial charge in [-0.15, -0.1) is 21.5 Å². The summed E-state index contributed by atoms with van der Waals surface area (Å²) in [7, 11) is 0. The molecule has 11 heteroatoms. The fourth-order valence-electron chi connectivity index (χ4n) is 4.09. The van der Waals surface area contributed by atoms with Crippen LogP contribution < -0.4 is 10.6 Å². The van der Waals surface area contributed by atoms with Crippen molar-refractivity contribution in [2.75, 3.05) is 23.0 Å². The maximum Gasteiger partial charge on any atom is 0.341 e. The predicted molar refractivity (Wildman–Crippen MR) is 127 cm³/mol. The summed E-state index contributed by atoms with van der Waals surface area (Å²) in [6, 6.07) is 0. The van der Waals surface area contributed by atoms with Crippen molar-refractivity contribution in [1.82, 2.24) is 10.2 Å². The van der Waals surface area contributed by atoms with Crippen LogP contribution in [-0.2, 0) is 27.2 Å². The van der Waals surface area contributed by atoms with E-state index in [1.165, 1.54) is 40.9 Å². The maximum atomic E-state index is 12.5. The fourth-order valence-corrected chi connectivity index (χ4v) is 6.94. The van der Waals surface area contributed by atoms with E-state index >= 15 is 0 Å². The molecule has 32 heavy (non-hydrogen) atoms. The Kier molecular flexibility index (Phi) is 7.80. The largest absolute Gasteiger partial charge is 0.462 e. The molecule has 0 saturated heterocycles. The van der Waals surface area contributed by atoms with E-state index in [0.29, 0.717) is 26.6 Å². The van der Waals surface area contributed by atoms with E-state index in [2.05, 4.69) is 20.8 Å². The smallest absolute Gasteiger partial charge is 0.341 e. The highest BCUT2D eigenvalue weighted by Gasteiger charge is 2.28. The summed E-state index contributed by atoms with van der Waals surface area (Å²) in [6.45, 7) is 2.07. The second kappa shape index (κ2) is 10.8. The van der Waals surface area contributed by atoms with Gasteiger partial charge < -0.3 is 15.4 Å². The number of fused-ring (bicyclic) bond motifs is 1. The van der Waals surface area contributed by atoms with Crippen LogP contribution in [0, 0.1) is 5.92 Å². The van der Waals surface area contributed by atoms with Crippen LogP contribution >= 0.6 is 34.4 Å². The molecule has 172 valence electrons. The number of hydrogen-bond donors (Lipinski definition) is 2. The van der Waals surface area contributed by atoms with Crippen LogP contribution in [0.1, 0.15) is 66.2 Å². The van der Waals surface area contributed by atoms with Gasteiger partial charge in [-0.2, -0.15) is 0 Å². The van der Waals surface area contributed by atoms with E-state index in [9.17, 15) is 14.4 Å². The lowest BCUT2D eigenvalue weighted by atomic mass is 9.89. The molecule has 0 aliphatic heterocycles. The minimum atomic E-state index is -0.377. The van der Waals surface area contributed by atoms with Crippen LogP contribution in [0.4, 0.5) is 10.1 Å². The monoisotopic (exact) mass is 494 g/mol. The number of esters is 1. The Labute approximate surface area is 198 Å². The van der Waals surface area contributed by atoms with Crippen molar-refractivity contribution < 1.29 is 19.1 Å². The SMILES string of the molecule is CCOC(=O)c1c(NC(=O)CSc2nnc(NC(=O)C3CCCCC3)s2)sc2c1CCC2. The molecule has 2 amide bonds. The number of nitrogens with zero attached hydrogens (tertiary/aromatic N) is 2. The van der Waals surface area contributed by atoms with Gasteiger partial charge in [0.1, 0.15) is 5.00 Å². The van der Waals surface area contributed by atoms with Crippen molar-refractivity contribution >= 4 is 62.4 Å². The topological polar surface area (TPSA) is 110 Å². The first kappa shape index (κ1) is 23.2. The number of rotatable bonds is 8. The Bertz CT molecular complexity index is 997. The molecule has 0 bridgehead atoms. The van der Waals surface area contributed by atoms with E-state index in [4.69, 9.17) is 4.74 Å². The first-order valence-corrected chi connectivity index (χ1v) is 13.6. The summed E-state index contributed by atoms with van der Waals surface area (Å²) in [5, 5.41) is 14.9. The quantitative estimate of drug-likeness (QED) is 0.315. The zero-order valence-electron chi connectivity index (χ0n) is 17.9. The van der Waals surface area contributed by atoms with E-state index in [1.807, 2.05) is 0 Å². The van der Waals surface area contributed by atoms with Gasteiger partial charge in [-0.3, -0.25) is 9.59 Å². The van der Waals surface area contributed by atoms with Gasteiger partial charge in [0.2, 0.25) is 16.9 Å². The summed E-state index contributed by atoms with van der Waals surface area (Å²) in [5.41, 5.74) is 1.52. The lowest BCUT2D eigenvalue weighted by molar-refractivity contribution is -0.120. The van der Waals surface area contributed by atoms with E-state index in [0.717, 1.165) is 55.4 Å². The number of anilines is 2. The van der Waals surface area contributed by atoms with Crippen molar-refractivity contribution in [3.63, 3.8) is 0 Å². The number of aryl methyl sites for hydroxylation is 1. The summed E-state index contributed by atoms with van der Waals surface area (Å²) in [5.74, 6) is -0.403. The predicted octanol–water partition coefficient (Wildman–Crippen LogP) is 4.51. The number of carbonyl (C=O) groups is 3. The number of ether oxygens (including phenoxy) is 1. The summed E-state index contributed by atoms with van der Waals surface area (Å²) in [6.07, 6.45) is 8.01. The molecule has 2 aromatic heterocycles. The standard InChI is InChI=1S/C21H26N4O4S3/c1-2-29-19(28)16-13-9-6-10-14(13)31-18(16)22-15(26)11-30-21-25-24-20(32-21)23-17(27)12-7-4-3-5-8-12/h12H,2-11H2,1H3,(H,22,26)(H,23,24,27). The Hall–Kier alpha value is -1.98. The molecule has 0 radical (unpaired) electrons. The first-order valence-electron chi connectivity index (χ1n) is 10.9. The molecule has 0 unspecified atom stereocenters. The molecule has 0 spiro atoms. The van der Waals surface area contributed by atoms with Crippen LogP contribution in [0.2, 0.25) is 0 Å².